The van der Waals surface area contributed by atoms with Crippen LogP contribution in [0.5, 0.6) is 0 Å². The summed E-state index contributed by atoms with van der Waals surface area (Å²) >= 11 is 7.99. The molecule has 7 nitrogen and oxygen atoms in total. The Balaban J connectivity index is 1.77. The van der Waals surface area contributed by atoms with Crippen LogP contribution in [0.4, 0.5) is 0 Å². The molecular formula is C26H27ClN4O3S2. The second-order valence-electron chi connectivity index (χ2n) is 8.77. The van der Waals surface area contributed by atoms with Gasteiger partial charge in [-0.15, -0.1) is 11.3 Å². The molecule has 2 aromatic heterocycles. The Labute approximate surface area is 220 Å². The Hall–Kier alpha value is -2.98. The molecule has 188 valence electrons. The minimum atomic E-state index is -3.32. The molecule has 2 aromatic carbocycles. The molecule has 10 heteroatoms. The Morgan fingerprint density at radius 3 is 2.39 bits per heavy atom. The van der Waals surface area contributed by atoms with Crippen LogP contribution in [-0.4, -0.2) is 74.4 Å². The van der Waals surface area contributed by atoms with Crippen molar-refractivity contribution in [3.05, 3.63) is 77.4 Å². The number of nitrogens with zero attached hydrogens (tertiary/aromatic N) is 4. The molecule has 0 aliphatic heterocycles. The van der Waals surface area contributed by atoms with E-state index in [0.29, 0.717) is 22.9 Å². The van der Waals surface area contributed by atoms with Crippen molar-refractivity contribution in [2.24, 2.45) is 0 Å². The minimum absolute atomic E-state index is 0.179. The summed E-state index contributed by atoms with van der Waals surface area (Å²) in [4.78, 5) is 18.9. The van der Waals surface area contributed by atoms with E-state index in [1.807, 2.05) is 55.4 Å². The van der Waals surface area contributed by atoms with Crippen molar-refractivity contribution in [1.29, 1.82) is 0 Å². The molecule has 0 bridgehead atoms. The molecule has 0 aliphatic rings. The second-order valence-corrected chi connectivity index (χ2v) is 12.3. The van der Waals surface area contributed by atoms with Gasteiger partial charge in [0.05, 0.1) is 26.2 Å². The number of halogens is 1. The lowest BCUT2D eigenvalue weighted by molar-refractivity contribution is 0.0780. The highest BCUT2D eigenvalue weighted by molar-refractivity contribution is 7.90. The number of carbonyl (C=O) groups is 1. The van der Waals surface area contributed by atoms with E-state index in [4.69, 9.17) is 11.6 Å². The molecule has 0 atom stereocenters. The van der Waals surface area contributed by atoms with Crippen LogP contribution in [0, 0.1) is 0 Å². The third kappa shape index (κ3) is 5.70. The van der Waals surface area contributed by atoms with E-state index < -0.39 is 9.84 Å². The first-order chi connectivity index (χ1) is 17.0. The number of carbonyl (C=O) groups excluding carboxylic acids is 1. The molecule has 0 aliphatic carbocycles. The summed E-state index contributed by atoms with van der Waals surface area (Å²) in [6, 6.07) is 19.9. The minimum Gasteiger partial charge on any atom is -0.339 e. The summed E-state index contributed by atoms with van der Waals surface area (Å²) in [5.74, 6) is -0.179. The molecule has 0 N–H and O–H groups in total. The van der Waals surface area contributed by atoms with Gasteiger partial charge in [0.2, 0.25) is 0 Å². The van der Waals surface area contributed by atoms with Crippen LogP contribution in [0.1, 0.15) is 10.5 Å². The van der Waals surface area contributed by atoms with Gasteiger partial charge < -0.3 is 9.80 Å². The number of hydrogen-bond acceptors (Lipinski definition) is 6. The van der Waals surface area contributed by atoms with Crippen LogP contribution >= 0.6 is 22.9 Å². The molecule has 0 spiro atoms. The highest BCUT2D eigenvalue weighted by Crippen LogP contribution is 2.37. The van der Waals surface area contributed by atoms with Crippen LogP contribution in [-0.2, 0) is 9.84 Å². The van der Waals surface area contributed by atoms with Crippen molar-refractivity contribution in [2.45, 2.75) is 4.90 Å². The van der Waals surface area contributed by atoms with Gasteiger partial charge in [-0.3, -0.25) is 4.79 Å². The number of aromatic nitrogens is 2. The topological polar surface area (TPSA) is 75.5 Å². The van der Waals surface area contributed by atoms with Crippen molar-refractivity contribution < 1.29 is 13.2 Å². The third-order valence-electron chi connectivity index (χ3n) is 5.64. The first-order valence-electron chi connectivity index (χ1n) is 11.2. The molecular weight excluding hydrogens is 516 g/mol. The Kier molecular flexibility index (Phi) is 7.65. The second kappa shape index (κ2) is 10.6. The number of benzene rings is 2. The zero-order valence-corrected chi connectivity index (χ0v) is 22.9. The fourth-order valence-electron chi connectivity index (χ4n) is 3.63. The van der Waals surface area contributed by atoms with E-state index in [9.17, 15) is 13.2 Å². The van der Waals surface area contributed by atoms with Crippen LogP contribution < -0.4 is 0 Å². The van der Waals surface area contributed by atoms with Crippen molar-refractivity contribution in [1.82, 2.24) is 19.6 Å². The predicted octanol–water partition coefficient (Wildman–Crippen LogP) is 4.96. The summed E-state index contributed by atoms with van der Waals surface area (Å²) in [6.07, 6.45) is 1.20. The maximum atomic E-state index is 13.2. The van der Waals surface area contributed by atoms with E-state index in [-0.39, 0.29) is 10.8 Å². The van der Waals surface area contributed by atoms with Gasteiger partial charge in [-0.2, -0.15) is 5.10 Å². The number of likely N-dealkylation sites (N-methyl/N-ethyl adjacent to an activating group) is 2. The normalized spacial score (nSPS) is 11.7. The van der Waals surface area contributed by atoms with Crippen LogP contribution in [0.15, 0.2) is 71.6 Å². The average molecular weight is 543 g/mol. The van der Waals surface area contributed by atoms with Gasteiger partial charge >= 0.3 is 0 Å². The molecule has 4 aromatic rings. The highest BCUT2D eigenvalue weighted by atomic mass is 35.5. The number of sulfone groups is 1. The summed E-state index contributed by atoms with van der Waals surface area (Å²) in [6.45, 7) is 1.31. The zero-order chi connectivity index (χ0) is 26.0. The zero-order valence-electron chi connectivity index (χ0n) is 20.5. The number of hydrogen-bond donors (Lipinski definition) is 0. The molecule has 0 saturated heterocycles. The maximum Gasteiger partial charge on any atom is 0.274 e. The molecule has 4 rings (SSSR count). The molecule has 36 heavy (non-hydrogen) atoms. The summed E-state index contributed by atoms with van der Waals surface area (Å²) < 4.78 is 25.7. The first kappa shape index (κ1) is 26.1. The van der Waals surface area contributed by atoms with E-state index in [0.717, 1.165) is 27.6 Å². The fraction of sp³-hybridized carbons (Fsp3) is 0.231. The van der Waals surface area contributed by atoms with Crippen molar-refractivity contribution in [3.63, 3.8) is 0 Å². The van der Waals surface area contributed by atoms with Gasteiger partial charge in [0, 0.05) is 31.3 Å². The maximum absolute atomic E-state index is 13.2. The summed E-state index contributed by atoms with van der Waals surface area (Å²) in [7, 11) is 2.36. The summed E-state index contributed by atoms with van der Waals surface area (Å²) in [5, 5.41) is 5.16. The molecule has 1 amide bonds. The SMILES string of the molecule is CN(C)CCN(C)C(=O)c1cc(-c2ccc(-c3cccc(S(C)(=O)=O)c3)s2)n(-c2ccccc2Cl)n1. The van der Waals surface area contributed by atoms with Gasteiger partial charge in [-0.05, 0) is 62.1 Å². The number of thiophene rings is 1. The molecule has 0 saturated carbocycles. The Morgan fingerprint density at radius 2 is 1.69 bits per heavy atom. The predicted molar refractivity (Wildman–Crippen MR) is 146 cm³/mol. The van der Waals surface area contributed by atoms with Gasteiger partial charge in [-0.1, -0.05) is 35.9 Å². The van der Waals surface area contributed by atoms with Crippen molar-refractivity contribution in [3.8, 4) is 26.7 Å². The van der Waals surface area contributed by atoms with Gasteiger partial charge in [-0.25, -0.2) is 13.1 Å². The van der Waals surface area contributed by atoms with E-state index >= 15 is 0 Å². The van der Waals surface area contributed by atoms with E-state index in [1.165, 1.54) is 17.6 Å². The smallest absolute Gasteiger partial charge is 0.274 e. The quantitative estimate of drug-likeness (QED) is 0.314. The lowest BCUT2D eigenvalue weighted by atomic mass is 10.2. The van der Waals surface area contributed by atoms with Crippen LogP contribution in [0.3, 0.4) is 0 Å². The van der Waals surface area contributed by atoms with Crippen LogP contribution in [0.25, 0.3) is 26.7 Å². The van der Waals surface area contributed by atoms with E-state index in [2.05, 4.69) is 5.10 Å². The molecule has 2 heterocycles. The molecule has 0 fully saturated rings. The Bertz CT molecular complexity index is 1510. The number of amides is 1. The first-order valence-corrected chi connectivity index (χ1v) is 14.3. The van der Waals surface area contributed by atoms with Gasteiger partial charge in [0.15, 0.2) is 15.5 Å². The fourth-order valence-corrected chi connectivity index (χ4v) is 5.51. The third-order valence-corrected chi connectivity index (χ3v) is 8.23. The van der Waals surface area contributed by atoms with Gasteiger partial charge in [0.25, 0.3) is 5.91 Å². The number of rotatable bonds is 8. The standard InChI is InChI=1S/C26H27ClN4O3S2/c1-29(2)14-15-30(3)26(32)21-17-23(31(28-21)22-11-6-5-10-20(22)27)25-13-12-24(35-25)18-8-7-9-19(16-18)36(4,33)34/h5-13,16-17H,14-15H2,1-4H3. The van der Waals surface area contributed by atoms with E-state index in [1.54, 1.807) is 47.0 Å². The van der Waals surface area contributed by atoms with Crippen molar-refractivity contribution in [2.75, 3.05) is 40.5 Å². The van der Waals surface area contributed by atoms with Crippen LogP contribution in [0.2, 0.25) is 5.02 Å². The summed E-state index contributed by atoms with van der Waals surface area (Å²) in [5.41, 5.74) is 2.51. The highest BCUT2D eigenvalue weighted by Gasteiger charge is 2.22. The number of para-hydroxylation sites is 1. The largest absolute Gasteiger partial charge is 0.339 e. The van der Waals surface area contributed by atoms with Crippen molar-refractivity contribution >= 4 is 38.7 Å². The lowest BCUT2D eigenvalue weighted by Gasteiger charge is -2.18. The van der Waals surface area contributed by atoms with Gasteiger partial charge in [0.1, 0.15) is 0 Å². The average Bonchev–Trinajstić information content (AvgIpc) is 3.49. The Morgan fingerprint density at radius 1 is 0.972 bits per heavy atom. The molecule has 0 unspecified atom stereocenters. The monoisotopic (exact) mass is 542 g/mol. The molecule has 0 radical (unpaired) electrons. The lowest BCUT2D eigenvalue weighted by Crippen LogP contribution is -2.33.